The number of imidazole rings is 1. The minimum atomic E-state index is -1.12. The molecule has 0 aromatic carbocycles. The number of rotatable bonds is 4. The SMILES string of the molecule is COC(C1CCCC1)[C@H]1O[C@@H](n2cnc3c(N)nc(C)nc32)[C@H](O)[C@@H]1O. The molecule has 0 radical (unpaired) electrons. The lowest BCUT2D eigenvalue weighted by atomic mass is 9.92. The van der Waals surface area contributed by atoms with Crippen molar-refractivity contribution in [2.24, 2.45) is 5.92 Å². The summed E-state index contributed by atoms with van der Waals surface area (Å²) in [6.07, 6.45) is 2.05. The third-order valence-electron chi connectivity index (χ3n) is 5.57. The molecule has 0 spiro atoms. The average Bonchev–Trinajstić information content (AvgIpc) is 3.32. The number of anilines is 1. The highest BCUT2D eigenvalue weighted by atomic mass is 16.6. The maximum absolute atomic E-state index is 10.6. The Morgan fingerprint density at radius 3 is 2.69 bits per heavy atom. The van der Waals surface area contributed by atoms with Crippen molar-refractivity contribution in [1.29, 1.82) is 0 Å². The normalized spacial score (nSPS) is 31.1. The van der Waals surface area contributed by atoms with Crippen LogP contribution < -0.4 is 5.73 Å². The molecular formula is C17H25N5O4. The molecule has 1 unspecified atom stereocenters. The Labute approximate surface area is 151 Å². The van der Waals surface area contributed by atoms with Crippen molar-refractivity contribution in [3.8, 4) is 0 Å². The van der Waals surface area contributed by atoms with Crippen LogP contribution in [0, 0.1) is 12.8 Å². The van der Waals surface area contributed by atoms with E-state index in [1.54, 1.807) is 18.6 Å². The van der Waals surface area contributed by atoms with Gasteiger partial charge in [0.2, 0.25) is 0 Å². The third-order valence-corrected chi connectivity index (χ3v) is 5.57. The van der Waals surface area contributed by atoms with Crippen molar-refractivity contribution in [2.75, 3.05) is 12.8 Å². The Hall–Kier alpha value is -1.81. The average molecular weight is 363 g/mol. The lowest BCUT2D eigenvalue weighted by Crippen LogP contribution is -2.43. The zero-order valence-electron chi connectivity index (χ0n) is 14.9. The number of aliphatic hydroxyl groups is 2. The largest absolute Gasteiger partial charge is 0.387 e. The van der Waals surface area contributed by atoms with Crippen molar-refractivity contribution in [3.05, 3.63) is 12.2 Å². The van der Waals surface area contributed by atoms with Gasteiger partial charge in [0.25, 0.3) is 0 Å². The zero-order valence-corrected chi connectivity index (χ0v) is 14.9. The van der Waals surface area contributed by atoms with E-state index in [4.69, 9.17) is 15.2 Å². The summed E-state index contributed by atoms with van der Waals surface area (Å²) in [5.41, 5.74) is 6.83. The minimum Gasteiger partial charge on any atom is -0.387 e. The van der Waals surface area contributed by atoms with Crippen molar-refractivity contribution in [2.45, 2.75) is 63.3 Å². The number of methoxy groups -OCH3 is 1. The highest BCUT2D eigenvalue weighted by Gasteiger charge is 2.49. The van der Waals surface area contributed by atoms with Gasteiger partial charge in [-0.1, -0.05) is 12.8 Å². The minimum absolute atomic E-state index is 0.261. The Balaban J connectivity index is 1.66. The van der Waals surface area contributed by atoms with Gasteiger partial charge in [0.05, 0.1) is 12.4 Å². The smallest absolute Gasteiger partial charge is 0.167 e. The molecule has 1 saturated heterocycles. The quantitative estimate of drug-likeness (QED) is 0.718. The van der Waals surface area contributed by atoms with Crippen LogP contribution in [0.3, 0.4) is 0 Å². The number of nitrogens with zero attached hydrogens (tertiary/aromatic N) is 4. The Morgan fingerprint density at radius 1 is 1.27 bits per heavy atom. The van der Waals surface area contributed by atoms with Gasteiger partial charge in [-0.05, 0) is 25.7 Å². The predicted molar refractivity (Wildman–Crippen MR) is 93.2 cm³/mol. The van der Waals surface area contributed by atoms with E-state index in [0.717, 1.165) is 25.7 Å². The first-order chi connectivity index (χ1) is 12.5. The summed E-state index contributed by atoms with van der Waals surface area (Å²) in [7, 11) is 1.63. The Morgan fingerprint density at radius 2 is 2.00 bits per heavy atom. The van der Waals surface area contributed by atoms with Crippen LogP contribution in [-0.2, 0) is 9.47 Å². The molecule has 3 heterocycles. The van der Waals surface area contributed by atoms with Crippen LogP contribution in [0.5, 0.6) is 0 Å². The van der Waals surface area contributed by atoms with E-state index in [-0.39, 0.29) is 11.9 Å². The molecule has 26 heavy (non-hydrogen) atoms. The first-order valence-electron chi connectivity index (χ1n) is 9.02. The molecule has 0 bridgehead atoms. The van der Waals surface area contributed by atoms with Gasteiger partial charge < -0.3 is 25.4 Å². The van der Waals surface area contributed by atoms with Crippen LogP contribution in [-0.4, -0.2) is 61.3 Å². The van der Waals surface area contributed by atoms with Gasteiger partial charge in [-0.3, -0.25) is 4.57 Å². The molecule has 1 aliphatic carbocycles. The number of aryl methyl sites for hydroxylation is 1. The first-order valence-corrected chi connectivity index (χ1v) is 9.02. The van der Waals surface area contributed by atoms with Gasteiger partial charge >= 0.3 is 0 Å². The standard InChI is InChI=1S/C17H25N5O4/c1-8-20-15(18)10-16(21-8)22(7-19-10)17-12(24)11(23)14(26-17)13(25-2)9-5-3-4-6-9/h7,9,11-14,17,23-24H,3-6H2,1-2H3,(H2,18,20,21)/t11-,12+,13?,14-,17+/m0/s1. The molecule has 142 valence electrons. The number of ether oxygens (including phenoxy) is 2. The van der Waals surface area contributed by atoms with Crippen molar-refractivity contribution >= 4 is 17.0 Å². The highest BCUT2D eigenvalue weighted by Crippen LogP contribution is 2.39. The number of hydrogen-bond acceptors (Lipinski definition) is 8. The fourth-order valence-electron chi connectivity index (χ4n) is 4.31. The number of nitrogens with two attached hydrogens (primary N) is 1. The summed E-state index contributed by atoms with van der Waals surface area (Å²) in [5, 5.41) is 21.3. The maximum atomic E-state index is 10.6. The monoisotopic (exact) mass is 363 g/mol. The molecular weight excluding hydrogens is 338 g/mol. The van der Waals surface area contributed by atoms with Crippen molar-refractivity contribution < 1.29 is 19.7 Å². The first kappa shape index (κ1) is 17.6. The van der Waals surface area contributed by atoms with Crippen molar-refractivity contribution in [3.63, 3.8) is 0 Å². The van der Waals surface area contributed by atoms with Crippen LogP contribution in [0.25, 0.3) is 11.2 Å². The molecule has 5 atom stereocenters. The van der Waals surface area contributed by atoms with Crippen molar-refractivity contribution in [1.82, 2.24) is 19.5 Å². The lowest BCUT2D eigenvalue weighted by molar-refractivity contribution is -0.113. The summed E-state index contributed by atoms with van der Waals surface area (Å²) in [5.74, 6) is 1.10. The molecule has 1 saturated carbocycles. The second kappa shape index (κ2) is 6.73. The number of hydrogen-bond donors (Lipinski definition) is 3. The summed E-state index contributed by atoms with van der Waals surface area (Å²) in [4.78, 5) is 12.7. The molecule has 9 heteroatoms. The summed E-state index contributed by atoms with van der Waals surface area (Å²) in [6.45, 7) is 1.73. The fraction of sp³-hybridized carbons (Fsp3) is 0.706. The van der Waals surface area contributed by atoms with E-state index in [0.29, 0.717) is 22.9 Å². The van der Waals surface area contributed by atoms with E-state index in [1.807, 2.05) is 0 Å². The molecule has 2 aromatic heterocycles. The van der Waals surface area contributed by atoms with Gasteiger partial charge in [-0.15, -0.1) is 0 Å². The second-order valence-electron chi connectivity index (χ2n) is 7.20. The van der Waals surface area contributed by atoms with Crippen LogP contribution >= 0.6 is 0 Å². The third kappa shape index (κ3) is 2.75. The predicted octanol–water partition coefficient (Wildman–Crippen LogP) is 0.541. The van der Waals surface area contributed by atoms with Crippen LogP contribution in [0.2, 0.25) is 0 Å². The molecule has 4 rings (SSSR count). The van der Waals surface area contributed by atoms with E-state index in [9.17, 15) is 10.2 Å². The highest BCUT2D eigenvalue weighted by molar-refractivity contribution is 5.81. The lowest BCUT2D eigenvalue weighted by Gasteiger charge is -2.29. The number of aliphatic hydroxyl groups excluding tert-OH is 2. The molecule has 2 aromatic rings. The fourth-order valence-corrected chi connectivity index (χ4v) is 4.31. The molecule has 2 fully saturated rings. The number of aromatic nitrogens is 4. The second-order valence-corrected chi connectivity index (χ2v) is 7.20. The maximum Gasteiger partial charge on any atom is 0.167 e. The van der Waals surface area contributed by atoms with Crippen LogP contribution in [0.4, 0.5) is 5.82 Å². The number of fused-ring (bicyclic) bond motifs is 1. The molecule has 2 aliphatic rings. The number of nitrogen functional groups attached to an aromatic ring is 1. The topological polar surface area (TPSA) is 129 Å². The molecule has 9 nitrogen and oxygen atoms in total. The summed E-state index contributed by atoms with van der Waals surface area (Å²) < 4.78 is 13.3. The van der Waals surface area contributed by atoms with Gasteiger partial charge in [0.1, 0.15) is 29.7 Å². The van der Waals surface area contributed by atoms with Gasteiger partial charge in [0, 0.05) is 7.11 Å². The van der Waals surface area contributed by atoms with Gasteiger partial charge in [-0.2, -0.15) is 0 Å². The van der Waals surface area contributed by atoms with Crippen LogP contribution in [0.15, 0.2) is 6.33 Å². The molecule has 0 amide bonds. The molecule has 4 N–H and O–H groups in total. The Kier molecular flexibility index (Phi) is 4.55. The van der Waals surface area contributed by atoms with E-state index < -0.39 is 24.5 Å². The van der Waals surface area contributed by atoms with Gasteiger partial charge in [0.15, 0.2) is 17.7 Å². The van der Waals surface area contributed by atoms with Crippen LogP contribution in [0.1, 0.15) is 37.7 Å². The summed E-state index contributed by atoms with van der Waals surface area (Å²) in [6, 6.07) is 0. The summed E-state index contributed by atoms with van der Waals surface area (Å²) >= 11 is 0. The van der Waals surface area contributed by atoms with Gasteiger partial charge in [-0.25, -0.2) is 15.0 Å². The van der Waals surface area contributed by atoms with E-state index >= 15 is 0 Å². The Bertz CT molecular complexity index is 791. The van der Waals surface area contributed by atoms with E-state index in [2.05, 4.69) is 15.0 Å². The molecule has 1 aliphatic heterocycles. The van der Waals surface area contributed by atoms with E-state index in [1.165, 1.54) is 6.33 Å². The zero-order chi connectivity index (χ0) is 18.4.